The Labute approximate surface area is 173 Å². The lowest BCUT2D eigenvalue weighted by molar-refractivity contribution is -0.119. The van der Waals surface area contributed by atoms with E-state index in [4.69, 9.17) is 4.74 Å². The average Bonchev–Trinajstić information content (AvgIpc) is 3.16. The van der Waals surface area contributed by atoms with Crippen LogP contribution in [0.5, 0.6) is 5.75 Å². The molecule has 0 aliphatic rings. The number of hydrogen-bond acceptors (Lipinski definition) is 5. The Kier molecular flexibility index (Phi) is 6.97. The fourth-order valence-electron chi connectivity index (χ4n) is 2.71. The van der Waals surface area contributed by atoms with Crippen LogP contribution in [0.15, 0.2) is 53.9 Å². The van der Waals surface area contributed by atoms with E-state index in [-0.39, 0.29) is 18.4 Å². The number of nitrogens with one attached hydrogen (secondary N) is 2. The summed E-state index contributed by atoms with van der Waals surface area (Å²) in [7, 11) is 0. The molecule has 0 saturated carbocycles. The van der Waals surface area contributed by atoms with Crippen molar-refractivity contribution in [2.75, 3.05) is 18.5 Å². The molecule has 0 aliphatic carbocycles. The molecular formula is C22H23N3O3S. The van der Waals surface area contributed by atoms with Crippen LogP contribution in [0.3, 0.4) is 0 Å². The summed E-state index contributed by atoms with van der Waals surface area (Å²) >= 11 is 1.37. The lowest BCUT2D eigenvalue weighted by Crippen LogP contribution is -2.22. The highest BCUT2D eigenvalue weighted by Crippen LogP contribution is 2.25. The largest absolute Gasteiger partial charge is 0.483 e. The monoisotopic (exact) mass is 409 g/mol. The molecule has 0 fully saturated rings. The number of ether oxygens (including phenoxy) is 1. The van der Waals surface area contributed by atoms with Gasteiger partial charge in [-0.05, 0) is 30.5 Å². The maximum Gasteiger partial charge on any atom is 0.264 e. The molecule has 2 amide bonds. The Morgan fingerprint density at radius 1 is 1.10 bits per heavy atom. The molecule has 0 saturated heterocycles. The molecule has 150 valence electrons. The summed E-state index contributed by atoms with van der Waals surface area (Å²) < 4.78 is 5.56. The van der Waals surface area contributed by atoms with Crippen molar-refractivity contribution in [2.45, 2.75) is 20.3 Å². The number of carbonyl (C=O) groups excluding carboxylic acids is 2. The van der Waals surface area contributed by atoms with Gasteiger partial charge in [-0.15, -0.1) is 11.3 Å². The molecule has 0 aliphatic heterocycles. The molecule has 6 nitrogen and oxygen atoms in total. The molecule has 2 N–H and O–H groups in total. The van der Waals surface area contributed by atoms with Crippen molar-refractivity contribution in [3.8, 4) is 17.0 Å². The van der Waals surface area contributed by atoms with Gasteiger partial charge in [0.15, 0.2) is 11.7 Å². The molecule has 0 radical (unpaired) electrons. The number of benzene rings is 2. The second-order valence-corrected chi connectivity index (χ2v) is 7.43. The van der Waals surface area contributed by atoms with E-state index in [0.717, 1.165) is 28.8 Å². The normalized spacial score (nSPS) is 10.4. The number of rotatable bonds is 8. The molecule has 29 heavy (non-hydrogen) atoms. The van der Waals surface area contributed by atoms with Crippen LogP contribution in [0.1, 0.15) is 18.1 Å². The molecule has 1 heterocycles. The summed E-state index contributed by atoms with van der Waals surface area (Å²) in [6.07, 6.45) is 0.777. The zero-order chi connectivity index (χ0) is 20.6. The zero-order valence-corrected chi connectivity index (χ0v) is 17.2. The number of anilines is 1. The number of aryl methyl sites for hydroxylation is 1. The molecule has 1 aromatic heterocycles. The zero-order valence-electron chi connectivity index (χ0n) is 16.4. The van der Waals surface area contributed by atoms with Gasteiger partial charge in [-0.2, -0.15) is 0 Å². The Morgan fingerprint density at radius 2 is 1.86 bits per heavy atom. The summed E-state index contributed by atoms with van der Waals surface area (Å²) in [5.41, 5.74) is 3.90. The van der Waals surface area contributed by atoms with Gasteiger partial charge in [0.05, 0.1) is 5.69 Å². The van der Waals surface area contributed by atoms with Crippen LogP contribution in [-0.4, -0.2) is 29.9 Å². The van der Waals surface area contributed by atoms with Crippen LogP contribution in [-0.2, 0) is 16.0 Å². The summed E-state index contributed by atoms with van der Waals surface area (Å²) in [6.45, 7) is 4.00. The van der Waals surface area contributed by atoms with Crippen molar-refractivity contribution in [1.29, 1.82) is 0 Å². The lowest BCUT2D eigenvalue weighted by atomic mass is 10.1. The fraction of sp³-hybridized carbons (Fsp3) is 0.227. The van der Waals surface area contributed by atoms with E-state index in [1.807, 2.05) is 60.8 Å². The molecule has 0 unspecified atom stereocenters. The van der Waals surface area contributed by atoms with Gasteiger partial charge >= 0.3 is 0 Å². The number of aromatic nitrogens is 1. The van der Waals surface area contributed by atoms with Crippen molar-refractivity contribution < 1.29 is 14.3 Å². The van der Waals surface area contributed by atoms with Crippen molar-refractivity contribution in [2.24, 2.45) is 0 Å². The van der Waals surface area contributed by atoms with Crippen LogP contribution in [0.2, 0.25) is 0 Å². The molecule has 3 rings (SSSR count). The van der Waals surface area contributed by atoms with Gasteiger partial charge in [0.1, 0.15) is 5.75 Å². The first-order valence-electron chi connectivity index (χ1n) is 9.29. The fourth-order valence-corrected chi connectivity index (χ4v) is 3.44. The van der Waals surface area contributed by atoms with E-state index in [9.17, 15) is 9.59 Å². The summed E-state index contributed by atoms with van der Waals surface area (Å²) in [5.74, 6) is 0.423. The summed E-state index contributed by atoms with van der Waals surface area (Å²) in [6, 6.07) is 15.6. The predicted molar refractivity (Wildman–Crippen MR) is 115 cm³/mol. The first-order chi connectivity index (χ1) is 14.0. The third-order valence-corrected chi connectivity index (χ3v) is 5.00. The van der Waals surface area contributed by atoms with Gasteiger partial charge < -0.3 is 10.1 Å². The topological polar surface area (TPSA) is 80.3 Å². The second-order valence-electron chi connectivity index (χ2n) is 6.57. The van der Waals surface area contributed by atoms with Gasteiger partial charge in [0, 0.05) is 24.4 Å². The first-order valence-corrected chi connectivity index (χ1v) is 10.2. The van der Waals surface area contributed by atoms with Crippen LogP contribution in [0.25, 0.3) is 11.3 Å². The first kappa shape index (κ1) is 20.5. The third kappa shape index (κ3) is 6.15. The van der Waals surface area contributed by atoms with Crippen LogP contribution < -0.4 is 15.4 Å². The Balaban J connectivity index is 1.52. The highest BCUT2D eigenvalue weighted by Gasteiger charge is 2.09. The Bertz CT molecular complexity index is 983. The Morgan fingerprint density at radius 3 is 2.59 bits per heavy atom. The van der Waals surface area contributed by atoms with E-state index in [1.54, 1.807) is 0 Å². The van der Waals surface area contributed by atoms with E-state index in [0.29, 0.717) is 17.4 Å². The van der Waals surface area contributed by atoms with E-state index < -0.39 is 0 Å². The minimum atomic E-state index is -0.248. The molecule has 2 aromatic carbocycles. The van der Waals surface area contributed by atoms with Crippen LogP contribution in [0, 0.1) is 6.92 Å². The highest BCUT2D eigenvalue weighted by molar-refractivity contribution is 7.14. The quantitative estimate of drug-likeness (QED) is 0.593. The SMILES string of the molecule is CC(=O)NCCc1ccc(-c2csc(NC(=O)COc3ccccc3C)n2)cc1. The number of thiazole rings is 1. The van der Waals surface area contributed by atoms with Crippen LogP contribution >= 0.6 is 11.3 Å². The van der Waals surface area contributed by atoms with E-state index in [2.05, 4.69) is 15.6 Å². The number of carbonyl (C=O) groups is 2. The standard InChI is InChI=1S/C22H23N3O3S/c1-15-5-3-4-6-20(15)28-13-21(27)25-22-24-19(14-29-22)18-9-7-17(8-10-18)11-12-23-16(2)26/h3-10,14H,11-13H2,1-2H3,(H,23,26)(H,24,25,27). The minimum Gasteiger partial charge on any atom is -0.483 e. The number of para-hydroxylation sites is 1. The van der Waals surface area contributed by atoms with Crippen LogP contribution in [0.4, 0.5) is 5.13 Å². The number of hydrogen-bond donors (Lipinski definition) is 2. The number of nitrogens with zero attached hydrogens (tertiary/aromatic N) is 1. The van der Waals surface area contributed by atoms with Gasteiger partial charge in [0.2, 0.25) is 5.91 Å². The van der Waals surface area contributed by atoms with Gasteiger partial charge in [0.25, 0.3) is 5.91 Å². The van der Waals surface area contributed by atoms with Crippen molar-refractivity contribution in [3.05, 3.63) is 65.0 Å². The van der Waals surface area contributed by atoms with E-state index >= 15 is 0 Å². The molecule has 7 heteroatoms. The van der Waals surface area contributed by atoms with Crippen molar-refractivity contribution in [3.63, 3.8) is 0 Å². The minimum absolute atomic E-state index is 0.0250. The van der Waals surface area contributed by atoms with Gasteiger partial charge in [-0.3, -0.25) is 14.9 Å². The lowest BCUT2D eigenvalue weighted by Gasteiger charge is -2.08. The van der Waals surface area contributed by atoms with E-state index in [1.165, 1.54) is 18.3 Å². The molecule has 0 bridgehead atoms. The third-order valence-electron chi connectivity index (χ3n) is 4.24. The molecular weight excluding hydrogens is 386 g/mol. The number of amides is 2. The smallest absolute Gasteiger partial charge is 0.264 e. The summed E-state index contributed by atoms with van der Waals surface area (Å²) in [4.78, 5) is 27.5. The molecule has 0 atom stereocenters. The Hall–Kier alpha value is -3.19. The second kappa shape index (κ2) is 9.84. The van der Waals surface area contributed by atoms with Crippen molar-refractivity contribution >= 4 is 28.3 Å². The predicted octanol–water partition coefficient (Wildman–Crippen LogP) is 3.81. The van der Waals surface area contributed by atoms with Gasteiger partial charge in [-0.1, -0.05) is 42.5 Å². The summed E-state index contributed by atoms with van der Waals surface area (Å²) in [5, 5.41) is 8.00. The molecule has 3 aromatic rings. The molecule has 0 spiro atoms. The maximum atomic E-state index is 12.1. The maximum absolute atomic E-state index is 12.1. The van der Waals surface area contributed by atoms with Crippen molar-refractivity contribution in [1.82, 2.24) is 10.3 Å². The highest BCUT2D eigenvalue weighted by atomic mass is 32.1. The average molecular weight is 410 g/mol. The van der Waals surface area contributed by atoms with Gasteiger partial charge in [-0.25, -0.2) is 4.98 Å².